The maximum Gasteiger partial charge on any atom is 0.311 e. The fraction of sp³-hybridized carbons (Fsp3) is 0.833. The molecule has 1 aliphatic heterocycles. The Morgan fingerprint density at radius 3 is 2.70 bits per heavy atom. The minimum absolute atomic E-state index is 0.0929. The number of carbonyl (C=O) groups excluding carboxylic acids is 1. The van der Waals surface area contributed by atoms with Crippen LogP contribution in [0.3, 0.4) is 0 Å². The molecule has 0 unspecified atom stereocenters. The molecule has 10 heavy (non-hydrogen) atoms. The molecule has 0 bridgehead atoms. The lowest BCUT2D eigenvalue weighted by atomic mass is 9.98. The van der Waals surface area contributed by atoms with Gasteiger partial charge >= 0.3 is 5.97 Å². The van der Waals surface area contributed by atoms with Gasteiger partial charge in [-0.05, 0) is 6.92 Å². The van der Waals surface area contributed by atoms with Gasteiger partial charge in [0, 0.05) is 0 Å². The number of aliphatic hydroxyl groups excluding tert-OH is 2. The van der Waals surface area contributed by atoms with Crippen LogP contribution in [0.5, 0.6) is 0 Å². The summed E-state index contributed by atoms with van der Waals surface area (Å²) in [5.74, 6) is -1.05. The monoisotopic (exact) mass is 146 g/mol. The molecule has 1 fully saturated rings. The van der Waals surface area contributed by atoms with Crippen molar-refractivity contribution in [3.05, 3.63) is 0 Å². The van der Waals surface area contributed by atoms with Gasteiger partial charge in [0.1, 0.15) is 12.7 Å². The lowest BCUT2D eigenvalue weighted by Gasteiger charge is -2.27. The molecule has 0 aliphatic carbocycles. The third kappa shape index (κ3) is 1.12. The Bertz CT molecular complexity index is 145. The van der Waals surface area contributed by atoms with E-state index in [1.807, 2.05) is 0 Å². The van der Waals surface area contributed by atoms with E-state index in [2.05, 4.69) is 4.74 Å². The summed E-state index contributed by atoms with van der Waals surface area (Å²) in [5, 5.41) is 18.0. The predicted octanol–water partition coefficient (Wildman–Crippen LogP) is -1.10. The van der Waals surface area contributed by atoms with Gasteiger partial charge in [-0.1, -0.05) is 0 Å². The molecule has 4 heteroatoms. The summed E-state index contributed by atoms with van der Waals surface area (Å²) in [6, 6.07) is 0. The molecule has 0 amide bonds. The molecule has 0 aromatic rings. The van der Waals surface area contributed by atoms with Gasteiger partial charge in [0.05, 0.1) is 12.0 Å². The van der Waals surface area contributed by atoms with Gasteiger partial charge < -0.3 is 14.9 Å². The summed E-state index contributed by atoms with van der Waals surface area (Å²) in [4.78, 5) is 10.7. The number of rotatable bonds is 0. The topological polar surface area (TPSA) is 66.8 Å². The van der Waals surface area contributed by atoms with Crippen LogP contribution in [0, 0.1) is 5.92 Å². The van der Waals surface area contributed by atoms with Crippen LogP contribution in [0.1, 0.15) is 6.92 Å². The van der Waals surface area contributed by atoms with Crippen LogP contribution in [0.25, 0.3) is 0 Å². The maximum absolute atomic E-state index is 10.7. The molecule has 0 aromatic carbocycles. The van der Waals surface area contributed by atoms with Gasteiger partial charge in [-0.15, -0.1) is 0 Å². The van der Waals surface area contributed by atoms with Gasteiger partial charge in [0.25, 0.3) is 0 Å². The summed E-state index contributed by atoms with van der Waals surface area (Å²) in [6.07, 6.45) is -1.89. The quantitative estimate of drug-likeness (QED) is 0.426. The van der Waals surface area contributed by atoms with Crippen molar-refractivity contribution in [3.63, 3.8) is 0 Å². The van der Waals surface area contributed by atoms with E-state index in [-0.39, 0.29) is 6.61 Å². The van der Waals surface area contributed by atoms with E-state index in [1.54, 1.807) is 0 Å². The molecule has 0 aromatic heterocycles. The van der Waals surface area contributed by atoms with Crippen LogP contribution in [-0.4, -0.2) is 35.0 Å². The van der Waals surface area contributed by atoms with Crippen molar-refractivity contribution in [2.24, 2.45) is 5.92 Å². The highest BCUT2D eigenvalue weighted by Crippen LogP contribution is 2.15. The summed E-state index contributed by atoms with van der Waals surface area (Å²) >= 11 is 0. The number of hydrogen-bond acceptors (Lipinski definition) is 4. The lowest BCUT2D eigenvalue weighted by molar-refractivity contribution is -0.173. The number of ether oxygens (including phenoxy) is 1. The largest absolute Gasteiger partial charge is 0.463 e. The minimum atomic E-state index is -0.971. The standard InChI is InChI=1S/C6H10O4/c1-3-5(8)4(7)2-10-6(3)9/h3-5,7-8H,2H2,1H3/t3-,4+,5-/m0/s1. The molecule has 1 heterocycles. The van der Waals surface area contributed by atoms with Crippen molar-refractivity contribution < 1.29 is 19.7 Å². The summed E-state index contributed by atoms with van der Waals surface area (Å²) in [5.41, 5.74) is 0. The molecule has 1 rings (SSSR count). The smallest absolute Gasteiger partial charge is 0.311 e. The number of esters is 1. The van der Waals surface area contributed by atoms with Crippen LogP contribution in [0.15, 0.2) is 0 Å². The van der Waals surface area contributed by atoms with Crippen LogP contribution < -0.4 is 0 Å². The third-order valence-electron chi connectivity index (χ3n) is 1.67. The van der Waals surface area contributed by atoms with E-state index in [0.717, 1.165) is 0 Å². The first-order chi connectivity index (χ1) is 4.63. The molecule has 0 spiro atoms. The zero-order valence-electron chi connectivity index (χ0n) is 5.65. The van der Waals surface area contributed by atoms with E-state index in [1.165, 1.54) is 6.92 Å². The highest BCUT2D eigenvalue weighted by Gasteiger charge is 2.34. The van der Waals surface area contributed by atoms with Crippen molar-refractivity contribution in [1.82, 2.24) is 0 Å². The van der Waals surface area contributed by atoms with Crippen LogP contribution in [0.4, 0.5) is 0 Å². The van der Waals surface area contributed by atoms with E-state index in [0.29, 0.717) is 0 Å². The van der Waals surface area contributed by atoms with Crippen LogP contribution in [0.2, 0.25) is 0 Å². The van der Waals surface area contributed by atoms with E-state index in [9.17, 15) is 4.79 Å². The van der Waals surface area contributed by atoms with Gasteiger partial charge in [0.2, 0.25) is 0 Å². The average molecular weight is 146 g/mol. The van der Waals surface area contributed by atoms with Crippen molar-refractivity contribution in [1.29, 1.82) is 0 Å². The summed E-state index contributed by atoms with van der Waals surface area (Å²) < 4.78 is 4.52. The zero-order chi connectivity index (χ0) is 7.72. The lowest BCUT2D eigenvalue weighted by Crippen LogP contribution is -2.45. The van der Waals surface area contributed by atoms with Crippen LogP contribution in [-0.2, 0) is 9.53 Å². The maximum atomic E-state index is 10.7. The normalized spacial score (nSPS) is 41.1. The van der Waals surface area contributed by atoms with Crippen molar-refractivity contribution >= 4 is 5.97 Å². The highest BCUT2D eigenvalue weighted by molar-refractivity contribution is 5.73. The Hall–Kier alpha value is -0.610. The Morgan fingerprint density at radius 1 is 1.60 bits per heavy atom. The number of carbonyl (C=O) groups is 1. The Balaban J connectivity index is 2.60. The summed E-state index contributed by atoms with van der Waals surface area (Å²) in [7, 11) is 0. The molecule has 58 valence electrons. The van der Waals surface area contributed by atoms with Crippen molar-refractivity contribution in [3.8, 4) is 0 Å². The second kappa shape index (κ2) is 2.56. The molecule has 2 N–H and O–H groups in total. The molecular weight excluding hydrogens is 136 g/mol. The number of cyclic esters (lactones) is 1. The second-order valence-electron chi connectivity index (χ2n) is 2.48. The first-order valence-corrected chi connectivity index (χ1v) is 3.15. The number of aliphatic hydroxyl groups is 2. The molecule has 1 aliphatic rings. The summed E-state index contributed by atoms with van der Waals surface area (Å²) in [6.45, 7) is 1.43. The SMILES string of the molecule is C[C@@H]1C(=O)OC[C@@H](O)[C@H]1O. The molecule has 4 nitrogen and oxygen atoms in total. The fourth-order valence-electron chi connectivity index (χ4n) is 0.870. The fourth-order valence-corrected chi connectivity index (χ4v) is 0.870. The first kappa shape index (κ1) is 7.50. The molecule has 0 radical (unpaired) electrons. The van der Waals surface area contributed by atoms with E-state index < -0.39 is 24.1 Å². The van der Waals surface area contributed by atoms with Gasteiger partial charge in [0.15, 0.2) is 0 Å². The molecular formula is C6H10O4. The molecule has 0 saturated carbocycles. The van der Waals surface area contributed by atoms with Gasteiger partial charge in [-0.3, -0.25) is 4.79 Å². The van der Waals surface area contributed by atoms with Gasteiger partial charge in [-0.25, -0.2) is 0 Å². The van der Waals surface area contributed by atoms with E-state index in [4.69, 9.17) is 10.2 Å². The van der Waals surface area contributed by atoms with Crippen LogP contribution >= 0.6 is 0 Å². The first-order valence-electron chi connectivity index (χ1n) is 3.15. The second-order valence-corrected chi connectivity index (χ2v) is 2.48. The Labute approximate surface area is 58.4 Å². The minimum Gasteiger partial charge on any atom is -0.463 e. The van der Waals surface area contributed by atoms with Crippen molar-refractivity contribution in [2.75, 3.05) is 6.61 Å². The van der Waals surface area contributed by atoms with Gasteiger partial charge in [-0.2, -0.15) is 0 Å². The van der Waals surface area contributed by atoms with Crippen molar-refractivity contribution in [2.45, 2.75) is 19.1 Å². The predicted molar refractivity (Wildman–Crippen MR) is 32.1 cm³/mol. The van der Waals surface area contributed by atoms with E-state index >= 15 is 0 Å². The third-order valence-corrected chi connectivity index (χ3v) is 1.67. The molecule has 1 saturated heterocycles. The Morgan fingerprint density at radius 2 is 2.20 bits per heavy atom. The Kier molecular flexibility index (Phi) is 1.92. The number of hydrogen-bond donors (Lipinski definition) is 2. The average Bonchev–Trinajstić information content (AvgIpc) is 1.93. The zero-order valence-corrected chi connectivity index (χ0v) is 5.65. The highest BCUT2D eigenvalue weighted by atomic mass is 16.5. The molecule has 3 atom stereocenters.